The van der Waals surface area contributed by atoms with Crippen LogP contribution in [-0.2, 0) is 33.6 Å². The van der Waals surface area contributed by atoms with Crippen molar-refractivity contribution in [3.8, 4) is 11.5 Å². The van der Waals surface area contributed by atoms with Crippen LogP contribution < -0.4 is 31.3 Å². The molecule has 0 fully saturated rings. The molecule has 0 bridgehead atoms. The zero-order valence-electron chi connectivity index (χ0n) is 30.2. The molecule has 15 nitrogen and oxygen atoms in total. The third-order valence-electron chi connectivity index (χ3n) is 8.29. The average molecular weight is 708 g/mol. The molecule has 3 rings (SSSR count). The van der Waals surface area contributed by atoms with Gasteiger partial charge in [0.2, 0.25) is 41.4 Å². The molecule has 2 aromatic carbocycles. The predicted molar refractivity (Wildman–Crippen MR) is 190 cm³/mol. The minimum Gasteiger partial charge on any atom is -0.453 e. The van der Waals surface area contributed by atoms with Gasteiger partial charge in [0.15, 0.2) is 11.5 Å². The number of carbonyl (C=O) groups is 7. The molecule has 4 atom stereocenters. The van der Waals surface area contributed by atoms with Crippen LogP contribution >= 0.6 is 0 Å². The van der Waals surface area contributed by atoms with E-state index >= 15 is 0 Å². The van der Waals surface area contributed by atoms with Gasteiger partial charge in [-0.25, -0.2) is 0 Å². The highest BCUT2D eigenvalue weighted by Crippen LogP contribution is 2.34. The van der Waals surface area contributed by atoms with Gasteiger partial charge in [-0.05, 0) is 42.5 Å². The number of hydrogen-bond donors (Lipinski definition) is 5. The molecular weight excluding hydrogens is 658 g/mol. The van der Waals surface area contributed by atoms with E-state index in [2.05, 4.69) is 26.6 Å². The van der Waals surface area contributed by atoms with Crippen molar-refractivity contribution >= 4 is 52.7 Å². The molecule has 2 aromatic rings. The minimum atomic E-state index is -1.37. The summed E-state index contributed by atoms with van der Waals surface area (Å²) in [5.74, 6) is -4.18. The molecule has 15 heteroatoms. The molecule has 0 spiro atoms. The molecule has 0 saturated heterocycles. The van der Waals surface area contributed by atoms with Crippen molar-refractivity contribution in [1.82, 2.24) is 25.8 Å². The van der Waals surface area contributed by atoms with Crippen LogP contribution in [0, 0.1) is 11.8 Å². The van der Waals surface area contributed by atoms with E-state index in [1.807, 2.05) is 20.8 Å². The summed E-state index contributed by atoms with van der Waals surface area (Å²) in [5, 5.41) is 13.4. The maximum absolute atomic E-state index is 13.8. The molecule has 0 unspecified atom stereocenters. The van der Waals surface area contributed by atoms with Crippen LogP contribution in [0.25, 0.3) is 0 Å². The number of rotatable bonds is 5. The van der Waals surface area contributed by atoms with Crippen molar-refractivity contribution in [2.24, 2.45) is 11.8 Å². The zero-order valence-corrected chi connectivity index (χ0v) is 30.2. The number of ether oxygens (including phenoxy) is 1. The van der Waals surface area contributed by atoms with Crippen molar-refractivity contribution in [2.45, 2.75) is 72.0 Å². The van der Waals surface area contributed by atoms with Crippen molar-refractivity contribution < 1.29 is 38.3 Å². The van der Waals surface area contributed by atoms with Crippen LogP contribution in [0.5, 0.6) is 11.5 Å². The third kappa shape index (κ3) is 11.8. The van der Waals surface area contributed by atoms with E-state index in [9.17, 15) is 33.6 Å². The first kappa shape index (κ1) is 40.0. The lowest BCUT2D eigenvalue weighted by atomic mass is 9.96. The largest absolute Gasteiger partial charge is 0.453 e. The summed E-state index contributed by atoms with van der Waals surface area (Å²) in [4.78, 5) is 95.0. The van der Waals surface area contributed by atoms with Gasteiger partial charge in [-0.1, -0.05) is 58.4 Å². The first-order valence-electron chi connectivity index (χ1n) is 16.9. The summed E-state index contributed by atoms with van der Waals surface area (Å²) in [6.45, 7) is 7.78. The van der Waals surface area contributed by atoms with E-state index in [0.29, 0.717) is 12.1 Å². The molecule has 0 saturated carbocycles. The Morgan fingerprint density at radius 2 is 1.35 bits per heavy atom. The van der Waals surface area contributed by atoms with E-state index in [1.54, 1.807) is 55.5 Å². The van der Waals surface area contributed by atoms with Gasteiger partial charge in [-0.2, -0.15) is 0 Å². The second-order valence-electron chi connectivity index (χ2n) is 13.2. The Kier molecular flexibility index (Phi) is 14.5. The second kappa shape index (κ2) is 18.5. The second-order valence-corrected chi connectivity index (χ2v) is 13.2. The number of benzene rings is 2. The Morgan fingerprint density at radius 1 is 0.824 bits per heavy atom. The number of nitrogens with one attached hydrogen (secondary N) is 5. The first-order valence-corrected chi connectivity index (χ1v) is 16.9. The summed E-state index contributed by atoms with van der Waals surface area (Å²) >= 11 is 0. The van der Waals surface area contributed by atoms with Gasteiger partial charge >= 0.3 is 0 Å². The zero-order chi connectivity index (χ0) is 37.8. The maximum Gasteiger partial charge on any atom is 0.245 e. The van der Waals surface area contributed by atoms with Gasteiger partial charge in [-0.15, -0.1) is 0 Å². The number of hydrogen-bond acceptors (Lipinski definition) is 8. The Bertz CT molecular complexity index is 1610. The number of fused-ring (bicyclic) bond motifs is 2. The molecular formula is C36H49N7O8. The van der Waals surface area contributed by atoms with Crippen molar-refractivity contribution in [3.63, 3.8) is 0 Å². The van der Waals surface area contributed by atoms with Crippen LogP contribution in [0.1, 0.15) is 53.9 Å². The lowest BCUT2D eigenvalue weighted by Gasteiger charge is -2.30. The van der Waals surface area contributed by atoms with E-state index in [4.69, 9.17) is 4.74 Å². The third-order valence-corrected chi connectivity index (χ3v) is 8.29. The molecule has 276 valence electrons. The summed E-state index contributed by atoms with van der Waals surface area (Å²) in [7, 11) is 2.83. The lowest BCUT2D eigenvalue weighted by molar-refractivity contribution is -0.140. The van der Waals surface area contributed by atoms with Gasteiger partial charge in [0.25, 0.3) is 0 Å². The van der Waals surface area contributed by atoms with Crippen LogP contribution in [0.4, 0.5) is 11.4 Å². The van der Waals surface area contributed by atoms with Gasteiger partial charge in [-0.3, -0.25) is 33.6 Å². The number of likely N-dealkylation sites (N-methyl/N-ethyl adjacent to an activating group) is 2. The van der Waals surface area contributed by atoms with Crippen molar-refractivity contribution in [3.05, 3.63) is 48.5 Å². The monoisotopic (exact) mass is 707 g/mol. The Morgan fingerprint density at radius 3 is 1.86 bits per heavy atom. The topological polar surface area (TPSA) is 195 Å². The quantitative estimate of drug-likeness (QED) is 0.312. The summed E-state index contributed by atoms with van der Waals surface area (Å²) < 4.78 is 6.11. The number of carbonyl (C=O) groups excluding carboxylic acids is 7. The number of para-hydroxylation sites is 4. The van der Waals surface area contributed by atoms with Gasteiger partial charge < -0.3 is 41.1 Å². The fraction of sp³-hybridized carbons (Fsp3) is 0.472. The Hall–Kier alpha value is -5.47. The average Bonchev–Trinajstić information content (AvgIpc) is 3.06. The fourth-order valence-corrected chi connectivity index (χ4v) is 5.37. The molecule has 0 aromatic heterocycles. The number of nitrogens with zero attached hydrogens (tertiary/aromatic N) is 2. The summed E-state index contributed by atoms with van der Waals surface area (Å²) in [5.41, 5.74) is 0.592. The summed E-state index contributed by atoms with van der Waals surface area (Å²) in [6, 6.07) is 9.71. The number of amides is 7. The molecule has 1 aliphatic rings. The van der Waals surface area contributed by atoms with Crippen LogP contribution in [0.2, 0.25) is 0 Å². The van der Waals surface area contributed by atoms with E-state index < -0.39 is 78.4 Å². The highest BCUT2D eigenvalue weighted by atomic mass is 16.5. The maximum atomic E-state index is 13.8. The molecule has 5 N–H and O–H groups in total. The minimum absolute atomic E-state index is 0.0267. The van der Waals surface area contributed by atoms with Crippen molar-refractivity contribution in [1.29, 1.82) is 0 Å². The van der Waals surface area contributed by atoms with E-state index in [0.717, 1.165) is 4.90 Å². The van der Waals surface area contributed by atoms with Crippen LogP contribution in [0.15, 0.2) is 48.5 Å². The standard InChI is InChI=1S/C36H49N7O8/c1-8-22(4)33-35(49)40-27(17-21(2)3)36(50)43(7)20-31(46)39-25-14-10-12-16-29(25)51-28-15-11-9-13-24(28)38-30(45)19-42(6)32(47)18-26(34(48)41-33)37-23(5)44/h9-16,21-22,26-27,33H,8,17-20H2,1-7H3,(H,37,44)(H,38,45)(H,39,46)(H,40,49)(H,41,48)/t22-,26-,27-,33-/m0/s1. The van der Waals surface area contributed by atoms with E-state index in [-0.39, 0.29) is 36.1 Å². The Balaban J connectivity index is 2.04. The first-order chi connectivity index (χ1) is 24.1. The fourth-order valence-electron chi connectivity index (χ4n) is 5.37. The molecule has 1 aliphatic heterocycles. The van der Waals surface area contributed by atoms with Gasteiger partial charge in [0, 0.05) is 21.0 Å². The van der Waals surface area contributed by atoms with Gasteiger partial charge in [0.05, 0.1) is 30.9 Å². The van der Waals surface area contributed by atoms with Crippen LogP contribution in [-0.4, -0.2) is 96.5 Å². The van der Waals surface area contributed by atoms with E-state index in [1.165, 1.54) is 25.9 Å². The Labute approximate surface area is 298 Å². The normalized spacial score (nSPS) is 20.9. The highest BCUT2D eigenvalue weighted by Gasteiger charge is 2.34. The lowest BCUT2D eigenvalue weighted by Crippen LogP contribution is -2.59. The molecule has 7 amide bonds. The predicted octanol–water partition coefficient (Wildman–Crippen LogP) is 2.24. The number of anilines is 2. The molecule has 51 heavy (non-hydrogen) atoms. The van der Waals surface area contributed by atoms with Crippen molar-refractivity contribution in [2.75, 3.05) is 37.8 Å². The SMILES string of the molecule is CC[C@H](C)[C@@H]1NC(=O)[C@@H](NC(C)=O)CC(=O)N(C)CC(=O)Nc2ccccc2Oc2ccccc2NC(=O)CN(C)C(=O)[C@H](CC(C)C)NC1=O. The molecule has 1 heterocycles. The molecule has 0 radical (unpaired) electrons. The smallest absolute Gasteiger partial charge is 0.245 e. The highest BCUT2D eigenvalue weighted by molar-refractivity contribution is 5.99. The van der Waals surface area contributed by atoms with Crippen LogP contribution in [0.3, 0.4) is 0 Å². The molecule has 0 aliphatic carbocycles. The summed E-state index contributed by atoms with van der Waals surface area (Å²) in [6.07, 6.45) is 0.216. The van der Waals surface area contributed by atoms with Gasteiger partial charge in [0.1, 0.15) is 18.1 Å².